The van der Waals surface area contributed by atoms with Crippen molar-refractivity contribution < 1.29 is 9.47 Å². The lowest BCUT2D eigenvalue weighted by Crippen LogP contribution is -2.20. The molecule has 158 valence electrons. The van der Waals surface area contributed by atoms with E-state index in [4.69, 9.17) is 9.47 Å². The van der Waals surface area contributed by atoms with E-state index in [1.165, 1.54) is 6.33 Å². The first-order valence-corrected chi connectivity index (χ1v) is 9.99. The minimum Gasteiger partial charge on any atom is -0.491 e. The van der Waals surface area contributed by atoms with Gasteiger partial charge in [-0.05, 0) is 37.7 Å². The van der Waals surface area contributed by atoms with E-state index in [-0.39, 0.29) is 0 Å². The number of aromatic nitrogens is 5. The van der Waals surface area contributed by atoms with Gasteiger partial charge in [0.15, 0.2) is 0 Å². The highest BCUT2D eigenvalue weighted by Crippen LogP contribution is 2.28. The van der Waals surface area contributed by atoms with Crippen LogP contribution in [0, 0.1) is 6.92 Å². The molecule has 0 saturated heterocycles. The van der Waals surface area contributed by atoms with Crippen molar-refractivity contribution in [1.29, 1.82) is 0 Å². The molecule has 1 aromatic carbocycles. The maximum absolute atomic E-state index is 5.92. The fourth-order valence-corrected chi connectivity index (χ4v) is 2.83. The van der Waals surface area contributed by atoms with Gasteiger partial charge in [0, 0.05) is 18.0 Å². The molecule has 31 heavy (non-hydrogen) atoms. The van der Waals surface area contributed by atoms with Crippen molar-refractivity contribution >= 4 is 22.5 Å². The molecule has 0 radical (unpaired) electrons. The van der Waals surface area contributed by atoms with E-state index >= 15 is 0 Å². The molecule has 2 N–H and O–H groups in total. The van der Waals surface area contributed by atoms with Crippen molar-refractivity contribution in [1.82, 2.24) is 30.2 Å². The van der Waals surface area contributed by atoms with Crippen LogP contribution in [0.25, 0.3) is 10.9 Å². The highest BCUT2D eigenvalue weighted by Gasteiger charge is 2.08. The number of fused-ring (bicyclic) bond motifs is 1. The van der Waals surface area contributed by atoms with Crippen LogP contribution < -0.4 is 20.1 Å². The van der Waals surface area contributed by atoms with E-state index in [2.05, 4.69) is 42.5 Å². The molecule has 0 atom stereocenters. The van der Waals surface area contributed by atoms with Crippen molar-refractivity contribution in [3.63, 3.8) is 0 Å². The quantitative estimate of drug-likeness (QED) is 0.395. The molecule has 0 bridgehead atoms. The minimum absolute atomic E-state index is 0.467. The molecule has 0 saturated carbocycles. The van der Waals surface area contributed by atoms with Gasteiger partial charge in [-0.2, -0.15) is 0 Å². The maximum atomic E-state index is 5.92. The Hall–Kier alpha value is -3.85. The maximum Gasteiger partial charge on any atom is 0.219 e. The van der Waals surface area contributed by atoms with Gasteiger partial charge in [-0.1, -0.05) is 6.92 Å². The molecular formula is C22H23N7O2. The lowest BCUT2D eigenvalue weighted by atomic mass is 10.2. The Morgan fingerprint density at radius 3 is 2.58 bits per heavy atom. The zero-order chi connectivity index (χ0) is 21.5. The van der Waals surface area contributed by atoms with Crippen LogP contribution in [0.2, 0.25) is 0 Å². The number of likely N-dealkylation sites (N-methyl/N-ethyl adjacent to an activating group) is 1. The Bertz CT molecular complexity index is 1130. The Kier molecular flexibility index (Phi) is 6.44. The number of aryl methyl sites for hydroxylation is 1. The second kappa shape index (κ2) is 9.77. The molecule has 0 amide bonds. The monoisotopic (exact) mass is 417 g/mol. The second-order valence-electron chi connectivity index (χ2n) is 6.71. The van der Waals surface area contributed by atoms with Crippen molar-refractivity contribution in [2.75, 3.05) is 25.0 Å². The summed E-state index contributed by atoms with van der Waals surface area (Å²) in [4.78, 5) is 21.5. The van der Waals surface area contributed by atoms with Gasteiger partial charge < -0.3 is 20.1 Å². The number of nitrogens with zero attached hydrogens (tertiary/aromatic N) is 5. The lowest BCUT2D eigenvalue weighted by molar-refractivity contribution is 0.313. The summed E-state index contributed by atoms with van der Waals surface area (Å²) < 4.78 is 11.5. The molecular weight excluding hydrogens is 394 g/mol. The first-order chi connectivity index (χ1) is 15.2. The molecule has 0 aliphatic carbocycles. The Morgan fingerprint density at radius 2 is 1.81 bits per heavy atom. The first-order valence-electron chi connectivity index (χ1n) is 9.99. The summed E-state index contributed by atoms with van der Waals surface area (Å²) in [5.74, 6) is 3.00. The van der Waals surface area contributed by atoms with Crippen molar-refractivity contribution in [2.45, 2.75) is 13.8 Å². The number of hydrogen-bond donors (Lipinski definition) is 2. The topological polar surface area (TPSA) is 107 Å². The van der Waals surface area contributed by atoms with E-state index in [9.17, 15) is 0 Å². The standard InChI is InChI=1S/C22H23N7O2/c1-3-23-8-9-30-17-5-7-21(26-12-17)31-16-4-6-19-18(10-16)22(28-14-27-19)29-20-13-24-15(2)11-25-20/h4-7,10-14,23H,3,8-9H2,1-2H3,(H,25,27,28,29). The Balaban J connectivity index is 1.49. The normalized spacial score (nSPS) is 10.8. The molecule has 0 spiro atoms. The summed E-state index contributed by atoms with van der Waals surface area (Å²) in [7, 11) is 0. The third kappa shape index (κ3) is 5.40. The predicted molar refractivity (Wildman–Crippen MR) is 118 cm³/mol. The number of nitrogens with one attached hydrogen (secondary N) is 2. The van der Waals surface area contributed by atoms with Crippen LogP contribution in [0.15, 0.2) is 55.2 Å². The van der Waals surface area contributed by atoms with Crippen LogP contribution in [0.4, 0.5) is 11.6 Å². The molecule has 0 aliphatic rings. The van der Waals surface area contributed by atoms with Gasteiger partial charge in [0.25, 0.3) is 0 Å². The summed E-state index contributed by atoms with van der Waals surface area (Å²) >= 11 is 0. The summed E-state index contributed by atoms with van der Waals surface area (Å²) in [6.45, 7) is 6.24. The van der Waals surface area contributed by atoms with Crippen molar-refractivity contribution in [3.05, 3.63) is 60.9 Å². The smallest absolute Gasteiger partial charge is 0.219 e. The highest BCUT2D eigenvalue weighted by molar-refractivity contribution is 5.91. The summed E-state index contributed by atoms with van der Waals surface area (Å²) in [5, 5.41) is 7.19. The van der Waals surface area contributed by atoms with E-state index < -0.39 is 0 Å². The third-order valence-electron chi connectivity index (χ3n) is 4.36. The average Bonchev–Trinajstić information content (AvgIpc) is 2.80. The van der Waals surface area contributed by atoms with Crippen LogP contribution >= 0.6 is 0 Å². The van der Waals surface area contributed by atoms with E-state index in [1.807, 2.05) is 31.2 Å². The SMILES string of the molecule is CCNCCOc1ccc(Oc2ccc3ncnc(Nc4cnc(C)cn4)c3c2)nc1. The molecule has 3 aromatic heterocycles. The Labute approximate surface area is 179 Å². The number of hydrogen-bond acceptors (Lipinski definition) is 9. The third-order valence-corrected chi connectivity index (χ3v) is 4.36. The summed E-state index contributed by atoms with van der Waals surface area (Å²) in [6.07, 6.45) is 6.51. The van der Waals surface area contributed by atoms with Gasteiger partial charge in [-0.15, -0.1) is 0 Å². The van der Waals surface area contributed by atoms with Gasteiger partial charge in [0.2, 0.25) is 5.88 Å². The van der Waals surface area contributed by atoms with Gasteiger partial charge in [0.05, 0.1) is 29.8 Å². The number of pyridine rings is 1. The lowest BCUT2D eigenvalue weighted by Gasteiger charge is -2.10. The molecule has 3 heterocycles. The minimum atomic E-state index is 0.467. The van der Waals surface area contributed by atoms with Gasteiger partial charge in [0.1, 0.15) is 36.1 Å². The van der Waals surface area contributed by atoms with Crippen LogP contribution in [0.1, 0.15) is 12.6 Å². The molecule has 4 rings (SSSR count). The van der Waals surface area contributed by atoms with Gasteiger partial charge in [-0.25, -0.2) is 19.9 Å². The van der Waals surface area contributed by atoms with E-state index in [1.54, 1.807) is 24.7 Å². The second-order valence-corrected chi connectivity index (χ2v) is 6.71. The zero-order valence-corrected chi connectivity index (χ0v) is 17.4. The van der Waals surface area contributed by atoms with E-state index in [0.29, 0.717) is 35.6 Å². The van der Waals surface area contributed by atoms with Crippen LogP contribution in [-0.4, -0.2) is 44.6 Å². The zero-order valence-electron chi connectivity index (χ0n) is 17.4. The van der Waals surface area contributed by atoms with Crippen LogP contribution in [0.3, 0.4) is 0 Å². The number of rotatable bonds is 9. The average molecular weight is 417 g/mol. The predicted octanol–water partition coefficient (Wildman–Crippen LogP) is 3.65. The van der Waals surface area contributed by atoms with Crippen molar-refractivity contribution in [2.24, 2.45) is 0 Å². The Morgan fingerprint density at radius 1 is 0.903 bits per heavy atom. The van der Waals surface area contributed by atoms with Crippen LogP contribution in [0.5, 0.6) is 17.4 Å². The largest absolute Gasteiger partial charge is 0.491 e. The molecule has 9 nitrogen and oxygen atoms in total. The molecule has 9 heteroatoms. The van der Waals surface area contributed by atoms with Crippen molar-refractivity contribution in [3.8, 4) is 17.4 Å². The summed E-state index contributed by atoms with van der Waals surface area (Å²) in [5.41, 5.74) is 1.62. The molecule has 0 aliphatic heterocycles. The highest BCUT2D eigenvalue weighted by atomic mass is 16.5. The van der Waals surface area contributed by atoms with Gasteiger partial charge in [-0.3, -0.25) is 4.98 Å². The first kappa shape index (κ1) is 20.4. The number of benzene rings is 1. The summed E-state index contributed by atoms with van der Waals surface area (Å²) in [6, 6.07) is 9.18. The van der Waals surface area contributed by atoms with E-state index in [0.717, 1.165) is 29.7 Å². The number of anilines is 2. The number of ether oxygens (including phenoxy) is 2. The fourth-order valence-electron chi connectivity index (χ4n) is 2.83. The molecule has 0 unspecified atom stereocenters. The molecule has 0 fully saturated rings. The molecule has 4 aromatic rings. The van der Waals surface area contributed by atoms with Crippen LogP contribution in [-0.2, 0) is 0 Å². The van der Waals surface area contributed by atoms with Gasteiger partial charge >= 0.3 is 0 Å². The fraction of sp³-hybridized carbons (Fsp3) is 0.227.